The van der Waals surface area contributed by atoms with Crippen LogP contribution in [-0.4, -0.2) is 19.6 Å². The largest absolute Gasteiger partial charge is 0.507 e. The van der Waals surface area contributed by atoms with E-state index in [0.29, 0.717) is 28.1 Å². The van der Waals surface area contributed by atoms with Gasteiger partial charge in [-0.3, -0.25) is 9.55 Å². The van der Waals surface area contributed by atoms with Crippen molar-refractivity contribution in [3.8, 4) is 73.5 Å². The summed E-state index contributed by atoms with van der Waals surface area (Å²) in [5.41, 5.74) is 15.4. The summed E-state index contributed by atoms with van der Waals surface area (Å²) in [6.45, 7) is 19.8. The van der Waals surface area contributed by atoms with E-state index in [1.807, 2.05) is 42.6 Å². The van der Waals surface area contributed by atoms with Gasteiger partial charge in [-0.05, 0) is 116 Å². The maximum atomic E-state index is 12.6. The number of rotatable bonds is 6. The maximum Gasteiger partial charge on any atom is 0.149 e. The number of nitrogens with zero attached hydrogens (tertiary/aromatic N) is 4. The normalized spacial score (nSPS) is 12.3. The average Bonchev–Trinajstić information content (AvgIpc) is 3.89. The first-order valence-electron chi connectivity index (χ1n) is 23.0. The second-order valence-electron chi connectivity index (χ2n) is 20.8. The highest BCUT2D eigenvalue weighted by molar-refractivity contribution is 6.12. The van der Waals surface area contributed by atoms with Crippen LogP contribution < -0.4 is 0 Å². The number of benzene rings is 7. The zero-order valence-electron chi connectivity index (χ0n) is 39.7. The van der Waals surface area contributed by atoms with Gasteiger partial charge in [-0.25, -0.2) is 4.98 Å². The SMILES string of the molecule is CC(C)(C)c1ccc(-n2c(-c3cc(C(C)(C)C)cc(C(C)(C)C)c3O)nc3c(-c4cc(-c5cc(-c6ccccc6)ccn5)c5oc6cc(C#N)ccc6c5c4)cccc32)c(-c2ccccc2)c1. The summed E-state index contributed by atoms with van der Waals surface area (Å²) >= 11 is 0. The van der Waals surface area contributed by atoms with Gasteiger partial charge in [0.15, 0.2) is 0 Å². The third-order valence-electron chi connectivity index (χ3n) is 13.1. The van der Waals surface area contributed by atoms with E-state index >= 15 is 0 Å². The van der Waals surface area contributed by atoms with Crippen molar-refractivity contribution in [3.05, 3.63) is 180 Å². The molecule has 0 amide bonds. The van der Waals surface area contributed by atoms with E-state index in [1.165, 1.54) is 5.56 Å². The van der Waals surface area contributed by atoms with Crippen molar-refractivity contribution in [3.63, 3.8) is 0 Å². The molecule has 0 aliphatic rings. The number of hydrogen-bond donors (Lipinski definition) is 1. The number of fused-ring (bicyclic) bond motifs is 4. The van der Waals surface area contributed by atoms with Gasteiger partial charge in [0.2, 0.25) is 0 Å². The third kappa shape index (κ3) is 7.75. The Morgan fingerprint density at radius 2 is 1.25 bits per heavy atom. The number of hydrogen-bond acceptors (Lipinski definition) is 5. The van der Waals surface area contributed by atoms with E-state index in [4.69, 9.17) is 14.4 Å². The molecule has 3 aromatic heterocycles. The summed E-state index contributed by atoms with van der Waals surface area (Å²) in [4.78, 5) is 10.6. The van der Waals surface area contributed by atoms with E-state index in [1.54, 1.807) is 6.07 Å². The Morgan fingerprint density at radius 3 is 1.94 bits per heavy atom. The smallest absolute Gasteiger partial charge is 0.149 e. The van der Waals surface area contributed by atoms with Crippen molar-refractivity contribution in [1.82, 2.24) is 14.5 Å². The molecular weight excluding hydrogens is 821 g/mol. The lowest BCUT2D eigenvalue weighted by molar-refractivity contribution is 0.446. The molecule has 7 aromatic carbocycles. The van der Waals surface area contributed by atoms with Gasteiger partial charge in [-0.2, -0.15) is 5.26 Å². The number of aromatic hydroxyl groups is 1. The Hall–Kier alpha value is -7.75. The van der Waals surface area contributed by atoms with Gasteiger partial charge in [0.25, 0.3) is 0 Å². The van der Waals surface area contributed by atoms with Crippen LogP contribution in [0.2, 0.25) is 0 Å². The molecule has 0 fully saturated rings. The lowest BCUT2D eigenvalue weighted by Crippen LogP contribution is -2.17. The Labute approximate surface area is 392 Å². The van der Waals surface area contributed by atoms with Crippen LogP contribution in [0.1, 0.15) is 84.6 Å². The summed E-state index contributed by atoms with van der Waals surface area (Å²) in [6.07, 6.45) is 1.85. The molecule has 10 rings (SSSR count). The fraction of sp³-hybridized carbons (Fsp3) is 0.197. The Bertz CT molecular complexity index is 3590. The van der Waals surface area contributed by atoms with Crippen molar-refractivity contribution in [1.29, 1.82) is 5.26 Å². The standard InChI is InChI=1S/C61H54N4O2/c1-59(2,3)42-24-26-52(46(33-42)39-19-14-11-15-20-39)65-53-22-16-21-44(55(53)64-58(65)49-34-43(60(4,5)6)35-50(56(49)66)61(7,8)9)41-30-47-45-25-23-37(36-62)29-54(45)67-57(47)48(31-41)51-32-40(27-28-63-51)38-17-12-10-13-18-38/h10-35,66H,1-9H3. The minimum atomic E-state index is -0.356. The molecule has 0 aliphatic carbocycles. The van der Waals surface area contributed by atoms with Gasteiger partial charge < -0.3 is 9.52 Å². The fourth-order valence-corrected chi connectivity index (χ4v) is 9.29. The van der Waals surface area contributed by atoms with Gasteiger partial charge in [0.1, 0.15) is 22.7 Å². The average molecular weight is 875 g/mol. The molecule has 67 heavy (non-hydrogen) atoms. The number of furan rings is 1. The van der Waals surface area contributed by atoms with Gasteiger partial charge in [-0.1, -0.05) is 147 Å². The van der Waals surface area contributed by atoms with Crippen LogP contribution in [0.4, 0.5) is 0 Å². The number of para-hydroxylation sites is 1. The van der Waals surface area contributed by atoms with E-state index in [9.17, 15) is 10.4 Å². The monoisotopic (exact) mass is 874 g/mol. The molecule has 0 spiro atoms. The third-order valence-corrected chi connectivity index (χ3v) is 13.1. The van der Waals surface area contributed by atoms with E-state index in [2.05, 4.69) is 182 Å². The van der Waals surface area contributed by atoms with Crippen LogP contribution in [-0.2, 0) is 16.2 Å². The molecule has 10 aromatic rings. The lowest BCUT2D eigenvalue weighted by atomic mass is 9.79. The van der Waals surface area contributed by atoms with Crippen molar-refractivity contribution < 1.29 is 9.52 Å². The predicted octanol–water partition coefficient (Wildman–Crippen LogP) is 16.1. The number of aromatic nitrogens is 3. The van der Waals surface area contributed by atoms with Gasteiger partial charge in [0, 0.05) is 39.2 Å². The summed E-state index contributed by atoms with van der Waals surface area (Å²) in [5, 5.41) is 24.3. The summed E-state index contributed by atoms with van der Waals surface area (Å²) in [7, 11) is 0. The molecular formula is C61H54N4O2. The van der Waals surface area contributed by atoms with E-state index in [-0.39, 0.29) is 22.0 Å². The van der Waals surface area contributed by atoms with Crippen molar-refractivity contribution in [2.45, 2.75) is 78.6 Å². The molecule has 1 N–H and O–H groups in total. The topological polar surface area (TPSA) is 87.9 Å². The van der Waals surface area contributed by atoms with Gasteiger partial charge in [-0.15, -0.1) is 0 Å². The summed E-state index contributed by atoms with van der Waals surface area (Å²) in [6, 6.07) is 54.6. The molecule has 0 unspecified atom stereocenters. The first-order chi connectivity index (χ1) is 32.0. The zero-order valence-corrected chi connectivity index (χ0v) is 39.7. The van der Waals surface area contributed by atoms with Crippen LogP contribution in [0.3, 0.4) is 0 Å². The molecule has 330 valence electrons. The van der Waals surface area contributed by atoms with Crippen molar-refractivity contribution in [2.75, 3.05) is 0 Å². The second-order valence-corrected chi connectivity index (χ2v) is 20.8. The minimum Gasteiger partial charge on any atom is -0.507 e. The van der Waals surface area contributed by atoms with Crippen LogP contribution in [0.5, 0.6) is 5.75 Å². The molecule has 0 saturated carbocycles. The molecule has 0 saturated heterocycles. The first-order valence-corrected chi connectivity index (χ1v) is 23.0. The predicted molar refractivity (Wildman–Crippen MR) is 276 cm³/mol. The fourth-order valence-electron chi connectivity index (χ4n) is 9.29. The van der Waals surface area contributed by atoms with Crippen LogP contribution >= 0.6 is 0 Å². The van der Waals surface area contributed by atoms with Gasteiger partial charge in [0.05, 0.1) is 39.6 Å². The Morgan fingerprint density at radius 1 is 0.552 bits per heavy atom. The highest BCUT2D eigenvalue weighted by Gasteiger charge is 2.30. The van der Waals surface area contributed by atoms with Crippen LogP contribution in [0.25, 0.3) is 94.7 Å². The lowest BCUT2D eigenvalue weighted by Gasteiger charge is -2.28. The highest BCUT2D eigenvalue weighted by Crippen LogP contribution is 2.47. The van der Waals surface area contributed by atoms with Crippen LogP contribution in [0.15, 0.2) is 162 Å². The Balaban J connectivity index is 1.31. The number of pyridine rings is 1. The molecule has 3 heterocycles. The number of phenols is 1. The molecule has 0 radical (unpaired) electrons. The molecule has 6 heteroatoms. The van der Waals surface area contributed by atoms with E-state index < -0.39 is 0 Å². The first kappa shape index (κ1) is 43.2. The summed E-state index contributed by atoms with van der Waals surface area (Å²) in [5.74, 6) is 0.870. The van der Waals surface area contributed by atoms with E-state index in [0.717, 1.165) is 83.3 Å². The number of phenolic OH excluding ortho intramolecular Hbond substituents is 1. The number of nitriles is 1. The summed E-state index contributed by atoms with van der Waals surface area (Å²) < 4.78 is 8.94. The maximum absolute atomic E-state index is 12.6. The zero-order chi connectivity index (χ0) is 47.0. The molecule has 0 atom stereocenters. The number of imidazole rings is 1. The van der Waals surface area contributed by atoms with Crippen molar-refractivity contribution >= 4 is 33.0 Å². The second kappa shape index (κ2) is 16.0. The minimum absolute atomic E-state index is 0.102. The van der Waals surface area contributed by atoms with Gasteiger partial charge >= 0.3 is 0 Å². The van der Waals surface area contributed by atoms with Crippen LogP contribution in [0, 0.1) is 11.3 Å². The highest BCUT2D eigenvalue weighted by atomic mass is 16.3. The molecule has 0 aliphatic heterocycles. The Kier molecular flexibility index (Phi) is 10.3. The molecule has 0 bridgehead atoms. The van der Waals surface area contributed by atoms with Crippen molar-refractivity contribution in [2.24, 2.45) is 0 Å². The quantitative estimate of drug-likeness (QED) is 0.180. The molecule has 6 nitrogen and oxygen atoms in total.